The van der Waals surface area contributed by atoms with Gasteiger partial charge in [0.05, 0.1) is 5.75 Å². The normalized spacial score (nSPS) is 17.0. The highest BCUT2D eigenvalue weighted by molar-refractivity contribution is 8.00. The Hall–Kier alpha value is -2.08. The molecule has 0 bridgehead atoms. The second kappa shape index (κ2) is 9.22. The van der Waals surface area contributed by atoms with Crippen LogP contribution in [0.25, 0.3) is 0 Å². The Balaban J connectivity index is 1.66. The van der Waals surface area contributed by atoms with Crippen LogP contribution in [-0.4, -0.2) is 34.7 Å². The summed E-state index contributed by atoms with van der Waals surface area (Å²) in [7, 11) is 0. The van der Waals surface area contributed by atoms with Crippen molar-refractivity contribution in [3.05, 3.63) is 41.7 Å². The zero-order chi connectivity index (χ0) is 19.2. The number of carbonyl (C=O) groups excluding carboxylic acids is 1. The molecule has 1 aromatic carbocycles. The van der Waals surface area contributed by atoms with Crippen molar-refractivity contribution in [1.82, 2.24) is 9.97 Å². The van der Waals surface area contributed by atoms with Crippen LogP contribution < -0.4 is 10.2 Å². The quantitative estimate of drug-likeness (QED) is 0.752. The standard InChI is InChI=1S/C21H28N4OS/c1-4-17-9-5-8-16(3)19(17)24-18(26)14-27-21-20(22-10-11-23-21)25-12-6-7-15(2)13-25/h5,8-11,15H,4,6-7,12-14H2,1-3H3,(H,24,26). The molecule has 5 nitrogen and oxygen atoms in total. The molecule has 1 aliphatic heterocycles. The number of piperidine rings is 1. The van der Waals surface area contributed by atoms with Gasteiger partial charge >= 0.3 is 0 Å². The largest absolute Gasteiger partial charge is 0.354 e. The summed E-state index contributed by atoms with van der Waals surface area (Å²) in [5.41, 5.74) is 3.20. The van der Waals surface area contributed by atoms with Gasteiger partial charge in [0.2, 0.25) is 5.91 Å². The lowest BCUT2D eigenvalue weighted by atomic mass is 10.0. The minimum absolute atomic E-state index is 0.00684. The Morgan fingerprint density at radius 2 is 2.15 bits per heavy atom. The lowest BCUT2D eigenvalue weighted by molar-refractivity contribution is -0.113. The number of aromatic nitrogens is 2. The molecule has 6 heteroatoms. The Morgan fingerprint density at radius 1 is 1.33 bits per heavy atom. The molecular weight excluding hydrogens is 356 g/mol. The molecule has 1 N–H and O–H groups in total. The minimum atomic E-state index is -0.00684. The van der Waals surface area contributed by atoms with Crippen molar-refractivity contribution >= 4 is 29.2 Å². The maximum absolute atomic E-state index is 12.6. The molecule has 144 valence electrons. The van der Waals surface area contributed by atoms with Gasteiger partial charge in [0.15, 0.2) is 5.82 Å². The van der Waals surface area contributed by atoms with Crippen molar-refractivity contribution in [2.45, 2.75) is 45.1 Å². The van der Waals surface area contributed by atoms with Crippen LogP contribution in [0.3, 0.4) is 0 Å². The predicted molar refractivity (Wildman–Crippen MR) is 113 cm³/mol. The summed E-state index contributed by atoms with van der Waals surface area (Å²) in [5.74, 6) is 1.89. The fraction of sp³-hybridized carbons (Fsp3) is 0.476. The van der Waals surface area contributed by atoms with Gasteiger partial charge in [-0.05, 0) is 43.2 Å². The number of thioether (sulfide) groups is 1. The number of aryl methyl sites for hydroxylation is 2. The number of anilines is 2. The van der Waals surface area contributed by atoms with Crippen LogP contribution in [-0.2, 0) is 11.2 Å². The fourth-order valence-electron chi connectivity index (χ4n) is 3.53. The molecule has 0 aliphatic carbocycles. The van der Waals surface area contributed by atoms with Crippen molar-refractivity contribution in [1.29, 1.82) is 0 Å². The number of para-hydroxylation sites is 1. The molecule has 2 heterocycles. The van der Waals surface area contributed by atoms with Crippen molar-refractivity contribution in [2.75, 3.05) is 29.1 Å². The SMILES string of the molecule is CCc1cccc(C)c1NC(=O)CSc1nccnc1N1CCCC(C)C1. The summed E-state index contributed by atoms with van der Waals surface area (Å²) in [5, 5.41) is 3.92. The Morgan fingerprint density at radius 3 is 2.93 bits per heavy atom. The average molecular weight is 385 g/mol. The van der Waals surface area contributed by atoms with Gasteiger partial charge in [-0.25, -0.2) is 9.97 Å². The summed E-state index contributed by atoms with van der Waals surface area (Å²) in [6.45, 7) is 8.41. The molecule has 1 aromatic heterocycles. The van der Waals surface area contributed by atoms with Crippen molar-refractivity contribution in [3.8, 4) is 0 Å². The fourth-order valence-corrected chi connectivity index (χ4v) is 4.32. The average Bonchev–Trinajstić information content (AvgIpc) is 2.68. The van der Waals surface area contributed by atoms with Crippen LogP contribution in [0.15, 0.2) is 35.6 Å². The number of carbonyl (C=O) groups is 1. The Bertz CT molecular complexity index is 796. The summed E-state index contributed by atoms with van der Waals surface area (Å²) in [6.07, 6.45) is 6.77. The van der Waals surface area contributed by atoms with E-state index < -0.39 is 0 Å². The van der Waals surface area contributed by atoms with Gasteiger partial charge < -0.3 is 10.2 Å². The van der Waals surface area contributed by atoms with Crippen LogP contribution in [0.5, 0.6) is 0 Å². The second-order valence-corrected chi connectivity index (χ2v) is 8.14. The maximum atomic E-state index is 12.6. The van der Waals surface area contributed by atoms with Crippen molar-refractivity contribution in [3.63, 3.8) is 0 Å². The van der Waals surface area contributed by atoms with Crippen LogP contribution in [0.2, 0.25) is 0 Å². The predicted octanol–water partition coefficient (Wildman–Crippen LogP) is 4.31. The number of rotatable bonds is 6. The number of hydrogen-bond acceptors (Lipinski definition) is 5. The lowest BCUT2D eigenvalue weighted by Crippen LogP contribution is -2.35. The van der Waals surface area contributed by atoms with E-state index in [1.807, 2.05) is 19.1 Å². The van der Waals surface area contributed by atoms with Gasteiger partial charge in [-0.15, -0.1) is 0 Å². The lowest BCUT2D eigenvalue weighted by Gasteiger charge is -2.32. The summed E-state index contributed by atoms with van der Waals surface area (Å²) < 4.78 is 0. The zero-order valence-corrected chi connectivity index (χ0v) is 17.2. The molecule has 1 saturated heterocycles. The second-order valence-electron chi connectivity index (χ2n) is 7.18. The molecule has 27 heavy (non-hydrogen) atoms. The summed E-state index contributed by atoms with van der Waals surface area (Å²) in [6, 6.07) is 6.12. The molecule has 3 rings (SSSR count). The van der Waals surface area contributed by atoms with Crippen LogP contribution in [0, 0.1) is 12.8 Å². The van der Waals surface area contributed by atoms with Crippen LogP contribution in [0.4, 0.5) is 11.5 Å². The molecule has 0 spiro atoms. The van der Waals surface area contributed by atoms with Gasteiger partial charge in [-0.3, -0.25) is 4.79 Å². The van der Waals surface area contributed by atoms with E-state index in [-0.39, 0.29) is 5.91 Å². The molecule has 2 aromatic rings. The first-order valence-corrected chi connectivity index (χ1v) is 10.6. The van der Waals surface area contributed by atoms with E-state index in [9.17, 15) is 4.79 Å². The highest BCUT2D eigenvalue weighted by Crippen LogP contribution is 2.29. The number of nitrogens with zero attached hydrogens (tertiary/aromatic N) is 3. The third-order valence-corrected chi connectivity index (χ3v) is 5.92. The molecular formula is C21H28N4OS. The van der Waals surface area contributed by atoms with Gasteiger partial charge in [0.1, 0.15) is 5.03 Å². The highest BCUT2D eigenvalue weighted by atomic mass is 32.2. The number of amides is 1. The molecule has 1 amide bonds. The first-order valence-electron chi connectivity index (χ1n) is 9.65. The molecule has 0 radical (unpaired) electrons. The van der Waals surface area contributed by atoms with Gasteiger partial charge in [0, 0.05) is 31.2 Å². The molecule has 0 saturated carbocycles. The Kier molecular flexibility index (Phi) is 6.72. The topological polar surface area (TPSA) is 58.1 Å². The van der Waals surface area contributed by atoms with E-state index >= 15 is 0 Å². The van der Waals surface area contributed by atoms with E-state index in [4.69, 9.17) is 0 Å². The zero-order valence-electron chi connectivity index (χ0n) is 16.4. The maximum Gasteiger partial charge on any atom is 0.234 e. The number of nitrogens with one attached hydrogen (secondary N) is 1. The van der Waals surface area contributed by atoms with Crippen molar-refractivity contribution in [2.24, 2.45) is 5.92 Å². The van der Waals surface area contributed by atoms with E-state index in [2.05, 4.69) is 40.1 Å². The highest BCUT2D eigenvalue weighted by Gasteiger charge is 2.21. The van der Waals surface area contributed by atoms with Crippen LogP contribution in [0.1, 0.15) is 37.8 Å². The summed E-state index contributed by atoms with van der Waals surface area (Å²) >= 11 is 1.46. The minimum Gasteiger partial charge on any atom is -0.354 e. The smallest absolute Gasteiger partial charge is 0.234 e. The third kappa shape index (κ3) is 5.01. The first kappa shape index (κ1) is 19.7. The monoisotopic (exact) mass is 384 g/mol. The van der Waals surface area contributed by atoms with Crippen LogP contribution >= 0.6 is 11.8 Å². The molecule has 1 unspecified atom stereocenters. The third-order valence-electron chi connectivity index (χ3n) is 4.95. The van der Waals surface area contributed by atoms with Gasteiger partial charge in [0.25, 0.3) is 0 Å². The number of hydrogen-bond donors (Lipinski definition) is 1. The molecule has 1 aliphatic rings. The van der Waals surface area contributed by atoms with E-state index in [0.717, 1.165) is 47.2 Å². The van der Waals surface area contributed by atoms with Gasteiger partial charge in [-0.2, -0.15) is 0 Å². The Labute approximate surface area is 166 Å². The first-order chi connectivity index (χ1) is 13.1. The van der Waals surface area contributed by atoms with E-state index in [0.29, 0.717) is 11.7 Å². The van der Waals surface area contributed by atoms with Crippen molar-refractivity contribution < 1.29 is 4.79 Å². The summed E-state index contributed by atoms with van der Waals surface area (Å²) in [4.78, 5) is 23.9. The van der Waals surface area contributed by atoms with E-state index in [1.165, 1.54) is 24.6 Å². The van der Waals surface area contributed by atoms with Gasteiger partial charge in [-0.1, -0.05) is 43.8 Å². The molecule has 1 fully saturated rings. The van der Waals surface area contributed by atoms with E-state index in [1.54, 1.807) is 12.4 Å². The number of benzene rings is 1. The molecule has 1 atom stereocenters.